The van der Waals surface area contributed by atoms with E-state index >= 15 is 0 Å². The summed E-state index contributed by atoms with van der Waals surface area (Å²) in [5, 5.41) is 10.8. The summed E-state index contributed by atoms with van der Waals surface area (Å²) in [5.41, 5.74) is 1.85. The van der Waals surface area contributed by atoms with Crippen LogP contribution in [0, 0.1) is 11.3 Å². The fourth-order valence-electron chi connectivity index (χ4n) is 4.24. The Morgan fingerprint density at radius 1 is 1.25 bits per heavy atom. The van der Waals surface area contributed by atoms with E-state index in [1.54, 1.807) is 0 Å². The van der Waals surface area contributed by atoms with Crippen molar-refractivity contribution in [3.05, 3.63) is 42.1 Å². The van der Waals surface area contributed by atoms with Gasteiger partial charge in [0.15, 0.2) is 0 Å². The van der Waals surface area contributed by atoms with Gasteiger partial charge < -0.3 is 9.84 Å². The molecule has 0 aliphatic carbocycles. The molecule has 2 fully saturated rings. The summed E-state index contributed by atoms with van der Waals surface area (Å²) in [6.07, 6.45) is 1.68. The third kappa shape index (κ3) is 2.78. The number of aromatic nitrogens is 1. The molecule has 5 heteroatoms. The molecule has 1 aromatic heterocycles. The highest BCUT2D eigenvalue weighted by Gasteiger charge is 2.50. The minimum atomic E-state index is -0.675. The van der Waals surface area contributed by atoms with Crippen LogP contribution in [-0.4, -0.2) is 47.3 Å². The molecule has 0 amide bonds. The van der Waals surface area contributed by atoms with Crippen molar-refractivity contribution in [2.24, 2.45) is 11.3 Å². The van der Waals surface area contributed by atoms with E-state index in [4.69, 9.17) is 9.72 Å². The van der Waals surface area contributed by atoms with Gasteiger partial charge in [-0.2, -0.15) is 0 Å². The van der Waals surface area contributed by atoms with E-state index in [1.807, 2.05) is 24.3 Å². The summed E-state index contributed by atoms with van der Waals surface area (Å²) in [5.74, 6) is -0.979. The number of benzene rings is 1. The normalized spacial score (nSPS) is 23.8. The first-order valence-corrected chi connectivity index (χ1v) is 8.54. The van der Waals surface area contributed by atoms with Crippen molar-refractivity contribution >= 4 is 16.9 Å². The topological polar surface area (TPSA) is 62.7 Å². The lowest BCUT2D eigenvalue weighted by molar-refractivity contribution is -0.147. The molecule has 0 bridgehead atoms. The van der Waals surface area contributed by atoms with Crippen molar-refractivity contribution in [2.75, 3.05) is 26.3 Å². The maximum absolute atomic E-state index is 11.8. The standard InChI is InChI=1S/C19H22N2O3/c22-18(23)16-12-21(13-19(16)7-9-24-10-8-19)11-15-6-5-14-3-1-2-4-17(14)20-15/h1-6,16H,7-13H2,(H,22,23). The second-order valence-corrected chi connectivity index (χ2v) is 7.03. The van der Waals surface area contributed by atoms with E-state index in [-0.39, 0.29) is 11.3 Å². The first-order valence-electron chi connectivity index (χ1n) is 8.54. The monoisotopic (exact) mass is 326 g/mol. The highest BCUT2D eigenvalue weighted by Crippen LogP contribution is 2.44. The zero-order chi connectivity index (χ0) is 16.6. The van der Waals surface area contributed by atoms with E-state index in [0.29, 0.717) is 26.3 Å². The lowest BCUT2D eigenvalue weighted by atomic mass is 9.72. The van der Waals surface area contributed by atoms with E-state index in [1.165, 1.54) is 0 Å². The number of carboxylic acid groups (broad SMARTS) is 1. The van der Waals surface area contributed by atoms with Crippen LogP contribution in [-0.2, 0) is 16.1 Å². The lowest BCUT2D eigenvalue weighted by Gasteiger charge is -2.36. The van der Waals surface area contributed by atoms with Crippen LogP contribution in [0.15, 0.2) is 36.4 Å². The zero-order valence-corrected chi connectivity index (χ0v) is 13.6. The number of ether oxygens (including phenoxy) is 1. The molecule has 2 aliphatic heterocycles. The van der Waals surface area contributed by atoms with Crippen molar-refractivity contribution in [1.29, 1.82) is 0 Å². The Morgan fingerprint density at radius 2 is 2.04 bits per heavy atom. The van der Waals surface area contributed by atoms with Crippen LogP contribution in [0.1, 0.15) is 18.5 Å². The molecule has 0 saturated carbocycles. The average molecular weight is 326 g/mol. The third-order valence-corrected chi connectivity index (χ3v) is 5.55. The largest absolute Gasteiger partial charge is 0.481 e. The molecule has 1 aromatic carbocycles. The predicted octanol–water partition coefficient (Wildman–Crippen LogP) is 2.55. The Hall–Kier alpha value is -1.98. The number of nitrogens with zero attached hydrogens (tertiary/aromatic N) is 2. The van der Waals surface area contributed by atoms with Gasteiger partial charge in [0.1, 0.15) is 0 Å². The van der Waals surface area contributed by atoms with Crippen molar-refractivity contribution in [1.82, 2.24) is 9.88 Å². The number of rotatable bonds is 3. The van der Waals surface area contributed by atoms with Crippen LogP contribution < -0.4 is 0 Å². The maximum Gasteiger partial charge on any atom is 0.308 e. The SMILES string of the molecule is O=C(O)C1CN(Cc2ccc3ccccc3n2)CC12CCOCC2. The van der Waals surface area contributed by atoms with Gasteiger partial charge in [-0.15, -0.1) is 0 Å². The molecule has 1 unspecified atom stereocenters. The summed E-state index contributed by atoms with van der Waals surface area (Å²) < 4.78 is 5.46. The molecular formula is C19H22N2O3. The maximum atomic E-state index is 11.8. The van der Waals surface area contributed by atoms with Crippen molar-refractivity contribution in [2.45, 2.75) is 19.4 Å². The first-order chi connectivity index (χ1) is 11.7. The molecule has 1 spiro atoms. The fraction of sp³-hybridized carbons (Fsp3) is 0.474. The van der Waals surface area contributed by atoms with Gasteiger partial charge in [-0.05, 0) is 25.0 Å². The van der Waals surface area contributed by atoms with Crippen molar-refractivity contribution in [3.8, 4) is 0 Å². The van der Waals surface area contributed by atoms with E-state index in [2.05, 4.69) is 17.0 Å². The Labute approximate surface area is 141 Å². The number of hydrogen-bond acceptors (Lipinski definition) is 4. The molecule has 126 valence electrons. The zero-order valence-electron chi connectivity index (χ0n) is 13.6. The summed E-state index contributed by atoms with van der Waals surface area (Å²) in [6.45, 7) is 3.47. The van der Waals surface area contributed by atoms with Gasteiger partial charge in [0, 0.05) is 43.6 Å². The summed E-state index contributed by atoms with van der Waals surface area (Å²) in [6, 6.07) is 12.2. The van der Waals surface area contributed by atoms with E-state index in [0.717, 1.165) is 36.0 Å². The Morgan fingerprint density at radius 3 is 2.83 bits per heavy atom. The smallest absolute Gasteiger partial charge is 0.308 e. The molecule has 5 nitrogen and oxygen atoms in total. The number of hydrogen-bond donors (Lipinski definition) is 1. The van der Waals surface area contributed by atoms with Crippen LogP contribution in [0.4, 0.5) is 0 Å². The number of fused-ring (bicyclic) bond motifs is 1. The first kappa shape index (κ1) is 15.5. The van der Waals surface area contributed by atoms with Crippen LogP contribution in [0.5, 0.6) is 0 Å². The molecular weight excluding hydrogens is 304 g/mol. The van der Waals surface area contributed by atoms with Crippen LogP contribution in [0.3, 0.4) is 0 Å². The molecule has 24 heavy (non-hydrogen) atoms. The minimum Gasteiger partial charge on any atom is -0.481 e. The quantitative estimate of drug-likeness (QED) is 0.939. The molecule has 1 N–H and O–H groups in total. The summed E-state index contributed by atoms with van der Waals surface area (Å²) in [4.78, 5) is 18.7. The highest BCUT2D eigenvalue weighted by molar-refractivity contribution is 5.78. The number of likely N-dealkylation sites (tertiary alicyclic amines) is 1. The predicted molar refractivity (Wildman–Crippen MR) is 90.6 cm³/mol. The van der Waals surface area contributed by atoms with Crippen molar-refractivity contribution in [3.63, 3.8) is 0 Å². The second-order valence-electron chi connectivity index (χ2n) is 7.03. The van der Waals surface area contributed by atoms with Crippen LogP contribution >= 0.6 is 0 Å². The lowest BCUT2D eigenvalue weighted by Crippen LogP contribution is -2.40. The molecule has 2 aliphatic rings. The van der Waals surface area contributed by atoms with Gasteiger partial charge in [0.25, 0.3) is 0 Å². The third-order valence-electron chi connectivity index (χ3n) is 5.55. The van der Waals surface area contributed by atoms with E-state index in [9.17, 15) is 9.90 Å². The molecule has 0 radical (unpaired) electrons. The fourth-order valence-corrected chi connectivity index (χ4v) is 4.24. The number of pyridine rings is 1. The second kappa shape index (κ2) is 6.15. The number of para-hydroxylation sites is 1. The molecule has 3 heterocycles. The van der Waals surface area contributed by atoms with Gasteiger partial charge in [0.2, 0.25) is 0 Å². The van der Waals surface area contributed by atoms with Gasteiger partial charge >= 0.3 is 5.97 Å². The van der Waals surface area contributed by atoms with Gasteiger partial charge in [0.05, 0.1) is 17.1 Å². The van der Waals surface area contributed by atoms with E-state index < -0.39 is 5.97 Å². The number of aliphatic carboxylic acids is 1. The number of carbonyl (C=O) groups is 1. The highest BCUT2D eigenvalue weighted by atomic mass is 16.5. The van der Waals surface area contributed by atoms with Gasteiger partial charge in [-0.25, -0.2) is 0 Å². The molecule has 2 aromatic rings. The van der Waals surface area contributed by atoms with Gasteiger partial charge in [-0.1, -0.05) is 24.3 Å². The molecule has 2 saturated heterocycles. The van der Waals surface area contributed by atoms with Gasteiger partial charge in [-0.3, -0.25) is 14.7 Å². The minimum absolute atomic E-state index is 0.138. The number of carboxylic acids is 1. The Kier molecular flexibility index (Phi) is 3.98. The van der Waals surface area contributed by atoms with Crippen LogP contribution in [0.2, 0.25) is 0 Å². The Balaban J connectivity index is 1.54. The summed E-state index contributed by atoms with van der Waals surface area (Å²) >= 11 is 0. The molecule has 4 rings (SSSR count). The Bertz CT molecular complexity index is 755. The van der Waals surface area contributed by atoms with Crippen LogP contribution in [0.25, 0.3) is 10.9 Å². The average Bonchev–Trinajstić information content (AvgIpc) is 2.93. The molecule has 1 atom stereocenters. The van der Waals surface area contributed by atoms with Crippen molar-refractivity contribution < 1.29 is 14.6 Å². The summed E-state index contributed by atoms with van der Waals surface area (Å²) in [7, 11) is 0.